The third kappa shape index (κ3) is 3.90. The van der Waals surface area contributed by atoms with E-state index in [0.29, 0.717) is 5.56 Å². The zero-order valence-electron chi connectivity index (χ0n) is 14.6. The highest BCUT2D eigenvalue weighted by Crippen LogP contribution is 2.29. The lowest BCUT2D eigenvalue weighted by molar-refractivity contribution is -0.130. The lowest BCUT2D eigenvalue weighted by Crippen LogP contribution is -2.39. The molecule has 4 nitrogen and oxygen atoms in total. The van der Waals surface area contributed by atoms with Crippen LogP contribution in [0.1, 0.15) is 52.9 Å². The van der Waals surface area contributed by atoms with Gasteiger partial charge in [0.2, 0.25) is 0 Å². The van der Waals surface area contributed by atoms with E-state index in [1.165, 1.54) is 11.1 Å². The van der Waals surface area contributed by atoms with E-state index >= 15 is 0 Å². The second-order valence-corrected chi connectivity index (χ2v) is 6.51. The Morgan fingerprint density at radius 2 is 1.84 bits per heavy atom. The van der Waals surface area contributed by atoms with Crippen molar-refractivity contribution in [1.82, 2.24) is 5.32 Å². The van der Waals surface area contributed by atoms with Crippen LogP contribution in [-0.4, -0.2) is 18.0 Å². The highest BCUT2D eigenvalue weighted by atomic mass is 16.5. The zero-order chi connectivity index (χ0) is 17.8. The fraction of sp³-hybridized carbons (Fsp3) is 0.333. The molecule has 1 amide bonds. The molecule has 2 unspecified atom stereocenters. The number of aryl methyl sites for hydroxylation is 2. The third-order valence-electron chi connectivity index (χ3n) is 4.70. The average molecular weight is 337 g/mol. The Hall–Kier alpha value is -2.62. The maximum Gasteiger partial charge on any atom is 0.339 e. The van der Waals surface area contributed by atoms with Crippen LogP contribution in [0.15, 0.2) is 48.5 Å². The first-order chi connectivity index (χ1) is 12.1. The molecule has 0 fully saturated rings. The molecule has 0 heterocycles. The summed E-state index contributed by atoms with van der Waals surface area (Å²) in [4.78, 5) is 24.8. The molecular weight excluding hydrogens is 314 g/mol. The first-order valence-corrected chi connectivity index (χ1v) is 8.71. The summed E-state index contributed by atoms with van der Waals surface area (Å²) in [5, 5.41) is 3.03. The molecule has 0 saturated carbocycles. The van der Waals surface area contributed by atoms with Crippen LogP contribution in [0.4, 0.5) is 0 Å². The van der Waals surface area contributed by atoms with E-state index in [1.54, 1.807) is 19.1 Å². The molecule has 2 aromatic carbocycles. The molecule has 1 N–H and O–H groups in total. The minimum Gasteiger partial charge on any atom is -0.449 e. The quantitative estimate of drug-likeness (QED) is 0.865. The van der Waals surface area contributed by atoms with Crippen molar-refractivity contribution in [1.29, 1.82) is 0 Å². The molecule has 0 aromatic heterocycles. The molecule has 0 bridgehead atoms. The number of carbonyl (C=O) groups excluding carboxylic acids is 2. The van der Waals surface area contributed by atoms with E-state index in [1.807, 2.05) is 31.2 Å². The molecule has 130 valence electrons. The van der Waals surface area contributed by atoms with Crippen LogP contribution < -0.4 is 5.32 Å². The van der Waals surface area contributed by atoms with E-state index in [4.69, 9.17) is 4.74 Å². The van der Waals surface area contributed by atoms with Gasteiger partial charge in [-0.1, -0.05) is 42.5 Å². The number of ether oxygens (including phenoxy) is 1. The topological polar surface area (TPSA) is 55.4 Å². The molecule has 0 saturated heterocycles. The smallest absolute Gasteiger partial charge is 0.339 e. The van der Waals surface area contributed by atoms with Crippen molar-refractivity contribution in [2.24, 2.45) is 0 Å². The zero-order valence-corrected chi connectivity index (χ0v) is 14.6. The molecule has 25 heavy (non-hydrogen) atoms. The Labute approximate surface area is 148 Å². The number of carbonyl (C=O) groups is 2. The summed E-state index contributed by atoms with van der Waals surface area (Å²) in [6.45, 7) is 3.46. The number of amides is 1. The minimum atomic E-state index is -0.832. The Kier molecular flexibility index (Phi) is 5.17. The number of benzene rings is 2. The summed E-state index contributed by atoms with van der Waals surface area (Å²) in [5.74, 6) is -0.728. The van der Waals surface area contributed by atoms with Crippen LogP contribution in [-0.2, 0) is 16.0 Å². The summed E-state index contributed by atoms with van der Waals surface area (Å²) in [6.07, 6.45) is 2.15. The predicted octanol–water partition coefficient (Wildman–Crippen LogP) is 3.73. The monoisotopic (exact) mass is 337 g/mol. The van der Waals surface area contributed by atoms with Crippen molar-refractivity contribution < 1.29 is 14.3 Å². The minimum absolute atomic E-state index is 0.0166. The summed E-state index contributed by atoms with van der Waals surface area (Å²) in [7, 11) is 0. The van der Waals surface area contributed by atoms with Gasteiger partial charge in [-0.05, 0) is 55.9 Å². The van der Waals surface area contributed by atoms with Crippen molar-refractivity contribution in [3.8, 4) is 0 Å². The maximum absolute atomic E-state index is 12.5. The number of esters is 1. The lowest BCUT2D eigenvalue weighted by atomic mass is 9.87. The van der Waals surface area contributed by atoms with Gasteiger partial charge in [0.1, 0.15) is 0 Å². The first kappa shape index (κ1) is 17.2. The summed E-state index contributed by atoms with van der Waals surface area (Å²) < 4.78 is 5.36. The Morgan fingerprint density at radius 3 is 2.64 bits per heavy atom. The summed E-state index contributed by atoms with van der Waals surface area (Å²) >= 11 is 0. The molecule has 1 aliphatic carbocycles. The molecule has 0 spiro atoms. The molecule has 4 heteroatoms. The lowest BCUT2D eigenvalue weighted by Gasteiger charge is -2.27. The fourth-order valence-corrected chi connectivity index (χ4v) is 3.27. The van der Waals surface area contributed by atoms with Gasteiger partial charge in [0.25, 0.3) is 5.91 Å². The van der Waals surface area contributed by atoms with Crippen LogP contribution in [0.25, 0.3) is 0 Å². The molecular formula is C21H23NO3. The molecule has 0 aliphatic heterocycles. The molecule has 0 radical (unpaired) electrons. The van der Waals surface area contributed by atoms with E-state index in [0.717, 1.165) is 24.8 Å². The highest BCUT2D eigenvalue weighted by Gasteiger charge is 2.25. The molecule has 2 atom stereocenters. The van der Waals surface area contributed by atoms with Gasteiger partial charge in [-0.15, -0.1) is 0 Å². The van der Waals surface area contributed by atoms with Gasteiger partial charge >= 0.3 is 5.97 Å². The normalized spacial score (nSPS) is 17.3. The average Bonchev–Trinajstić information content (AvgIpc) is 2.62. The number of nitrogens with one attached hydrogen (secondary N) is 1. The van der Waals surface area contributed by atoms with Crippen molar-refractivity contribution in [3.05, 3.63) is 70.8 Å². The number of hydrogen-bond acceptors (Lipinski definition) is 3. The van der Waals surface area contributed by atoms with Gasteiger partial charge in [0, 0.05) is 0 Å². The van der Waals surface area contributed by atoms with Crippen molar-refractivity contribution in [2.75, 3.05) is 0 Å². The van der Waals surface area contributed by atoms with Crippen LogP contribution in [0, 0.1) is 6.92 Å². The molecule has 2 aromatic rings. The van der Waals surface area contributed by atoms with Gasteiger partial charge in [0.05, 0.1) is 11.6 Å². The highest BCUT2D eigenvalue weighted by molar-refractivity contribution is 5.93. The van der Waals surface area contributed by atoms with Gasteiger partial charge < -0.3 is 10.1 Å². The van der Waals surface area contributed by atoms with Gasteiger partial charge in [-0.25, -0.2) is 4.79 Å². The second kappa shape index (κ2) is 7.51. The van der Waals surface area contributed by atoms with Crippen LogP contribution >= 0.6 is 0 Å². The standard InChI is InChI=1S/C21H23NO3/c1-14-8-3-5-11-17(14)21(24)25-15(2)20(23)22-19-13-7-10-16-9-4-6-12-18(16)19/h3-6,8-9,11-12,15,19H,7,10,13H2,1-2H3,(H,22,23). The molecule has 1 aliphatic rings. The van der Waals surface area contributed by atoms with Crippen LogP contribution in [0.5, 0.6) is 0 Å². The van der Waals surface area contributed by atoms with Crippen molar-refractivity contribution in [2.45, 2.75) is 45.3 Å². The number of hydrogen-bond donors (Lipinski definition) is 1. The first-order valence-electron chi connectivity index (χ1n) is 8.71. The van der Waals surface area contributed by atoms with E-state index < -0.39 is 12.1 Å². The second-order valence-electron chi connectivity index (χ2n) is 6.51. The van der Waals surface area contributed by atoms with Crippen molar-refractivity contribution in [3.63, 3.8) is 0 Å². The van der Waals surface area contributed by atoms with E-state index in [2.05, 4.69) is 17.4 Å². The largest absolute Gasteiger partial charge is 0.449 e. The van der Waals surface area contributed by atoms with E-state index in [-0.39, 0.29) is 11.9 Å². The Morgan fingerprint density at radius 1 is 1.12 bits per heavy atom. The maximum atomic E-state index is 12.5. The van der Waals surface area contributed by atoms with Gasteiger partial charge in [-0.3, -0.25) is 4.79 Å². The Balaban J connectivity index is 1.64. The summed E-state index contributed by atoms with van der Waals surface area (Å²) in [6, 6.07) is 15.4. The summed E-state index contributed by atoms with van der Waals surface area (Å²) in [5.41, 5.74) is 3.77. The van der Waals surface area contributed by atoms with Gasteiger partial charge in [0.15, 0.2) is 6.10 Å². The Bertz CT molecular complexity index is 784. The van der Waals surface area contributed by atoms with Gasteiger partial charge in [-0.2, -0.15) is 0 Å². The number of fused-ring (bicyclic) bond motifs is 1. The fourth-order valence-electron chi connectivity index (χ4n) is 3.27. The van der Waals surface area contributed by atoms with E-state index in [9.17, 15) is 9.59 Å². The predicted molar refractivity (Wildman–Crippen MR) is 96.3 cm³/mol. The third-order valence-corrected chi connectivity index (χ3v) is 4.70. The van der Waals surface area contributed by atoms with Crippen molar-refractivity contribution >= 4 is 11.9 Å². The number of rotatable bonds is 4. The van der Waals surface area contributed by atoms with Crippen LogP contribution in [0.3, 0.4) is 0 Å². The SMILES string of the molecule is Cc1ccccc1C(=O)OC(C)C(=O)NC1CCCc2ccccc21. The molecule has 3 rings (SSSR count). The van der Waals surface area contributed by atoms with Crippen LogP contribution in [0.2, 0.25) is 0 Å².